The molecule has 1 fully saturated rings. The van der Waals surface area contributed by atoms with Crippen LogP contribution >= 0.6 is 0 Å². The topological polar surface area (TPSA) is 50.4 Å². The Morgan fingerprint density at radius 3 is 2.74 bits per heavy atom. The van der Waals surface area contributed by atoms with Gasteiger partial charge in [-0.25, -0.2) is 0 Å². The fourth-order valence-corrected chi connectivity index (χ4v) is 2.44. The molecule has 1 amide bonds. The second kappa shape index (κ2) is 6.06. The summed E-state index contributed by atoms with van der Waals surface area (Å²) in [6.07, 6.45) is 3.19. The Morgan fingerprint density at radius 2 is 2.11 bits per heavy atom. The summed E-state index contributed by atoms with van der Waals surface area (Å²) in [6.45, 7) is 4.89. The minimum absolute atomic E-state index is 0.0597. The molecule has 1 aromatic rings. The molecule has 1 saturated heterocycles. The number of carbonyl (C=O) groups is 1. The molecule has 0 spiro atoms. The maximum absolute atomic E-state index is 12.2. The minimum Gasteiger partial charge on any atom is -0.496 e. The summed E-state index contributed by atoms with van der Waals surface area (Å²) in [6, 6.07) is 3.87. The maximum atomic E-state index is 12.2. The largest absolute Gasteiger partial charge is 0.496 e. The fourth-order valence-electron chi connectivity index (χ4n) is 2.44. The van der Waals surface area contributed by atoms with E-state index in [2.05, 4.69) is 10.6 Å². The van der Waals surface area contributed by atoms with Gasteiger partial charge in [-0.2, -0.15) is 0 Å². The van der Waals surface area contributed by atoms with Crippen molar-refractivity contribution in [1.82, 2.24) is 5.32 Å². The molecular formula is C15H22N2O2. The molecular weight excluding hydrogens is 240 g/mol. The highest BCUT2D eigenvalue weighted by molar-refractivity contribution is 5.95. The molecule has 2 N–H and O–H groups in total. The molecule has 0 saturated carbocycles. The van der Waals surface area contributed by atoms with Gasteiger partial charge < -0.3 is 15.4 Å². The fraction of sp³-hybridized carbons (Fsp3) is 0.533. The van der Waals surface area contributed by atoms with E-state index in [1.54, 1.807) is 7.11 Å². The molecule has 2 rings (SSSR count). The molecule has 19 heavy (non-hydrogen) atoms. The Bertz CT molecular complexity index is 465. The molecule has 1 aliphatic heterocycles. The minimum atomic E-state index is -0.0597. The summed E-state index contributed by atoms with van der Waals surface area (Å²) in [4.78, 5) is 12.2. The number of piperidine rings is 1. The molecule has 4 nitrogen and oxygen atoms in total. The van der Waals surface area contributed by atoms with Crippen LogP contribution in [0.25, 0.3) is 0 Å². The molecule has 1 aromatic carbocycles. The molecule has 0 aromatic heterocycles. The van der Waals surface area contributed by atoms with Crippen molar-refractivity contribution in [1.29, 1.82) is 0 Å². The zero-order valence-corrected chi connectivity index (χ0v) is 11.9. The highest BCUT2D eigenvalue weighted by Crippen LogP contribution is 2.26. The van der Waals surface area contributed by atoms with Gasteiger partial charge in [0.25, 0.3) is 0 Å². The summed E-state index contributed by atoms with van der Waals surface area (Å²) < 4.78 is 5.28. The van der Waals surface area contributed by atoms with Crippen molar-refractivity contribution in [3.8, 4) is 5.75 Å². The number of aryl methyl sites for hydroxylation is 2. The molecule has 0 aliphatic carbocycles. The van der Waals surface area contributed by atoms with Crippen LogP contribution < -0.4 is 15.4 Å². The van der Waals surface area contributed by atoms with E-state index < -0.39 is 0 Å². The zero-order chi connectivity index (χ0) is 13.8. The van der Waals surface area contributed by atoms with E-state index in [-0.39, 0.29) is 11.9 Å². The number of hydrogen-bond donors (Lipinski definition) is 2. The first kappa shape index (κ1) is 13.9. The highest BCUT2D eigenvalue weighted by atomic mass is 16.5. The quantitative estimate of drug-likeness (QED) is 0.879. The van der Waals surface area contributed by atoms with Crippen LogP contribution in [-0.4, -0.2) is 25.6 Å². The lowest BCUT2D eigenvalue weighted by molar-refractivity contribution is -0.118. The van der Waals surface area contributed by atoms with Crippen LogP contribution in [0.1, 0.15) is 30.4 Å². The van der Waals surface area contributed by atoms with E-state index in [0.29, 0.717) is 0 Å². The number of methoxy groups -OCH3 is 1. The van der Waals surface area contributed by atoms with Gasteiger partial charge in [-0.1, -0.05) is 6.42 Å². The number of ether oxygens (including phenoxy) is 1. The predicted molar refractivity (Wildman–Crippen MR) is 76.7 cm³/mol. The molecule has 1 atom stereocenters. The highest BCUT2D eigenvalue weighted by Gasteiger charge is 2.21. The van der Waals surface area contributed by atoms with Gasteiger partial charge in [-0.15, -0.1) is 0 Å². The molecule has 0 bridgehead atoms. The van der Waals surface area contributed by atoms with Gasteiger partial charge >= 0.3 is 0 Å². The summed E-state index contributed by atoms with van der Waals surface area (Å²) >= 11 is 0. The van der Waals surface area contributed by atoms with Crippen LogP contribution in [-0.2, 0) is 4.79 Å². The number of amides is 1. The Labute approximate surface area is 114 Å². The average Bonchev–Trinajstić information content (AvgIpc) is 2.43. The van der Waals surface area contributed by atoms with Gasteiger partial charge in [0.15, 0.2) is 0 Å². The van der Waals surface area contributed by atoms with Gasteiger partial charge in [0.1, 0.15) is 5.75 Å². The Kier molecular flexibility index (Phi) is 4.43. The van der Waals surface area contributed by atoms with Crippen LogP contribution in [0.2, 0.25) is 0 Å². The van der Waals surface area contributed by atoms with E-state index >= 15 is 0 Å². The Morgan fingerprint density at radius 1 is 1.32 bits per heavy atom. The molecule has 1 unspecified atom stereocenters. The van der Waals surface area contributed by atoms with Crippen molar-refractivity contribution in [2.45, 2.75) is 39.2 Å². The first-order valence-electron chi connectivity index (χ1n) is 6.81. The molecule has 4 heteroatoms. The third kappa shape index (κ3) is 3.26. The normalized spacial score (nSPS) is 19.0. The zero-order valence-electron chi connectivity index (χ0n) is 11.9. The van der Waals surface area contributed by atoms with Gasteiger partial charge in [0.05, 0.1) is 13.2 Å². The van der Waals surface area contributed by atoms with Crippen molar-refractivity contribution < 1.29 is 9.53 Å². The second-order valence-electron chi connectivity index (χ2n) is 5.13. The smallest absolute Gasteiger partial charge is 0.241 e. The molecule has 1 heterocycles. The lowest BCUT2D eigenvalue weighted by Crippen LogP contribution is -2.43. The molecule has 1 aliphatic rings. The van der Waals surface area contributed by atoms with Crippen LogP contribution in [0.3, 0.4) is 0 Å². The van der Waals surface area contributed by atoms with Gasteiger partial charge in [0.2, 0.25) is 5.91 Å². The van der Waals surface area contributed by atoms with Crippen LogP contribution in [0.15, 0.2) is 12.1 Å². The third-order valence-corrected chi connectivity index (χ3v) is 3.63. The SMILES string of the molecule is COc1cc(C)c(NC(=O)C2CCCCN2)cc1C. The van der Waals surface area contributed by atoms with Crippen LogP contribution in [0.4, 0.5) is 5.69 Å². The van der Waals surface area contributed by atoms with Crippen molar-refractivity contribution in [3.63, 3.8) is 0 Å². The molecule has 0 radical (unpaired) electrons. The number of rotatable bonds is 3. The summed E-state index contributed by atoms with van der Waals surface area (Å²) in [7, 11) is 1.66. The summed E-state index contributed by atoms with van der Waals surface area (Å²) in [5.74, 6) is 0.915. The van der Waals surface area contributed by atoms with E-state index in [0.717, 1.165) is 48.4 Å². The van der Waals surface area contributed by atoms with E-state index in [1.165, 1.54) is 0 Å². The van der Waals surface area contributed by atoms with Gasteiger partial charge in [-0.3, -0.25) is 4.79 Å². The monoisotopic (exact) mass is 262 g/mol. The van der Waals surface area contributed by atoms with Crippen LogP contribution in [0, 0.1) is 13.8 Å². The van der Waals surface area contributed by atoms with Crippen molar-refractivity contribution >= 4 is 11.6 Å². The molecule has 104 valence electrons. The van der Waals surface area contributed by atoms with E-state index in [9.17, 15) is 4.79 Å². The van der Waals surface area contributed by atoms with E-state index in [1.807, 2.05) is 26.0 Å². The van der Waals surface area contributed by atoms with Gasteiger partial charge in [0, 0.05) is 5.69 Å². The lowest BCUT2D eigenvalue weighted by atomic mass is 10.0. The first-order valence-corrected chi connectivity index (χ1v) is 6.81. The van der Waals surface area contributed by atoms with Gasteiger partial charge in [-0.05, 0) is 56.5 Å². The maximum Gasteiger partial charge on any atom is 0.241 e. The predicted octanol–water partition coefficient (Wildman–Crippen LogP) is 2.39. The summed E-state index contributed by atoms with van der Waals surface area (Å²) in [5.41, 5.74) is 2.92. The number of anilines is 1. The average molecular weight is 262 g/mol. The standard InChI is InChI=1S/C15H22N2O2/c1-10-9-14(19-3)11(2)8-13(10)17-15(18)12-6-4-5-7-16-12/h8-9,12,16H,4-7H2,1-3H3,(H,17,18). The second-order valence-corrected chi connectivity index (χ2v) is 5.13. The van der Waals surface area contributed by atoms with Crippen molar-refractivity contribution in [2.75, 3.05) is 19.0 Å². The summed E-state index contributed by atoms with van der Waals surface area (Å²) in [5, 5.41) is 6.27. The van der Waals surface area contributed by atoms with Crippen molar-refractivity contribution in [2.24, 2.45) is 0 Å². The van der Waals surface area contributed by atoms with Crippen LogP contribution in [0.5, 0.6) is 5.75 Å². The number of nitrogens with one attached hydrogen (secondary N) is 2. The lowest BCUT2D eigenvalue weighted by Gasteiger charge is -2.23. The van der Waals surface area contributed by atoms with Crippen molar-refractivity contribution in [3.05, 3.63) is 23.3 Å². The third-order valence-electron chi connectivity index (χ3n) is 3.63. The number of carbonyl (C=O) groups excluding carboxylic acids is 1. The van der Waals surface area contributed by atoms with E-state index in [4.69, 9.17) is 4.74 Å². The number of hydrogen-bond acceptors (Lipinski definition) is 3. The first-order chi connectivity index (χ1) is 9.11. The Hall–Kier alpha value is -1.55. The Balaban J connectivity index is 2.10. The number of benzene rings is 1.